The van der Waals surface area contributed by atoms with Crippen molar-refractivity contribution in [2.75, 3.05) is 19.6 Å². The molecule has 2 aromatic rings. The van der Waals surface area contributed by atoms with Crippen molar-refractivity contribution in [3.8, 4) is 0 Å². The molecule has 1 aromatic carbocycles. The zero-order valence-corrected chi connectivity index (χ0v) is 16.1. The number of benzene rings is 1. The summed E-state index contributed by atoms with van der Waals surface area (Å²) in [6, 6.07) is 12.3. The summed E-state index contributed by atoms with van der Waals surface area (Å²) in [5, 5.41) is 5.14. The molecule has 0 spiro atoms. The molecule has 4 nitrogen and oxygen atoms in total. The highest BCUT2D eigenvalue weighted by Crippen LogP contribution is 2.19. The van der Waals surface area contributed by atoms with Crippen molar-refractivity contribution in [2.45, 2.75) is 32.6 Å². The normalized spacial score (nSPS) is 17.3. The Morgan fingerprint density at radius 2 is 2.04 bits per heavy atom. The van der Waals surface area contributed by atoms with Gasteiger partial charge in [0, 0.05) is 30.9 Å². The Kier molecular flexibility index (Phi) is 6.45. The second-order valence-corrected chi connectivity index (χ2v) is 7.88. The lowest BCUT2D eigenvalue weighted by Gasteiger charge is -2.32. The molecule has 3 rings (SSSR count). The lowest BCUT2D eigenvalue weighted by molar-refractivity contribution is -0.138. The molecule has 26 heavy (non-hydrogen) atoms. The summed E-state index contributed by atoms with van der Waals surface area (Å²) in [4.78, 5) is 27.9. The van der Waals surface area contributed by atoms with E-state index in [-0.39, 0.29) is 17.7 Å². The molecule has 0 aliphatic carbocycles. The molecule has 1 aliphatic rings. The molecule has 2 heterocycles. The number of carbonyl (C=O) groups is 2. The first-order chi connectivity index (χ1) is 12.6. The maximum absolute atomic E-state index is 12.5. The minimum atomic E-state index is -0.0899. The fourth-order valence-electron chi connectivity index (χ4n) is 3.36. The number of thiophene rings is 1. The van der Waals surface area contributed by atoms with E-state index >= 15 is 0 Å². The Morgan fingerprint density at radius 1 is 1.23 bits per heavy atom. The minimum absolute atomic E-state index is 0.0800. The van der Waals surface area contributed by atoms with Crippen molar-refractivity contribution in [3.05, 3.63) is 57.8 Å². The third kappa shape index (κ3) is 4.94. The Hall–Kier alpha value is -2.14. The van der Waals surface area contributed by atoms with Crippen molar-refractivity contribution in [1.82, 2.24) is 10.2 Å². The molecule has 0 radical (unpaired) electrons. The average Bonchev–Trinajstić information content (AvgIpc) is 3.07. The molecule has 1 aliphatic heterocycles. The summed E-state index contributed by atoms with van der Waals surface area (Å²) in [7, 11) is 0. The number of likely N-dealkylation sites (tertiary alicyclic amines) is 1. The van der Waals surface area contributed by atoms with E-state index in [1.807, 2.05) is 23.1 Å². The van der Waals surface area contributed by atoms with Crippen molar-refractivity contribution >= 4 is 23.2 Å². The van der Waals surface area contributed by atoms with Gasteiger partial charge in [0.05, 0.1) is 5.92 Å². The second-order valence-electron chi connectivity index (χ2n) is 6.88. The zero-order valence-electron chi connectivity index (χ0n) is 15.2. The number of nitrogens with zero attached hydrogens (tertiary/aromatic N) is 1. The van der Waals surface area contributed by atoms with Crippen LogP contribution >= 0.6 is 11.3 Å². The van der Waals surface area contributed by atoms with Gasteiger partial charge in [-0.05, 0) is 48.8 Å². The summed E-state index contributed by atoms with van der Waals surface area (Å²) in [5.74, 6) is 0.156. The molecule has 1 aromatic heterocycles. The molecule has 138 valence electrons. The minimum Gasteiger partial charge on any atom is -0.355 e. The maximum atomic E-state index is 12.5. The van der Waals surface area contributed by atoms with Crippen LogP contribution in [0.1, 0.15) is 28.8 Å². The summed E-state index contributed by atoms with van der Waals surface area (Å²) in [6.07, 6.45) is 2.83. The summed E-state index contributed by atoms with van der Waals surface area (Å²) in [5.41, 5.74) is 2.51. The standard InChI is InChI=1S/C21H26N2O2S/c1-16-11-14-26-19(16)9-12-22-21(25)18-7-8-20(24)23(15-18)13-10-17-5-3-2-4-6-17/h2-6,11,14,18H,7-10,12-13,15H2,1H3,(H,22,25). The number of carbonyl (C=O) groups excluding carboxylic acids is 2. The SMILES string of the molecule is Cc1ccsc1CCNC(=O)C1CCC(=O)N(CCc2ccccc2)C1. The van der Waals surface area contributed by atoms with Gasteiger partial charge < -0.3 is 10.2 Å². The van der Waals surface area contributed by atoms with E-state index in [1.54, 1.807) is 11.3 Å². The number of rotatable bonds is 7. The molecule has 1 atom stereocenters. The molecule has 2 amide bonds. The van der Waals surface area contributed by atoms with Gasteiger partial charge in [-0.25, -0.2) is 0 Å². The number of amides is 2. The number of aryl methyl sites for hydroxylation is 1. The fourth-order valence-corrected chi connectivity index (χ4v) is 4.27. The van der Waals surface area contributed by atoms with Crippen LogP contribution in [-0.2, 0) is 22.4 Å². The van der Waals surface area contributed by atoms with Gasteiger partial charge in [0.15, 0.2) is 0 Å². The molecular formula is C21H26N2O2S. The highest BCUT2D eigenvalue weighted by Gasteiger charge is 2.29. The fraction of sp³-hybridized carbons (Fsp3) is 0.429. The van der Waals surface area contributed by atoms with Crippen molar-refractivity contribution in [2.24, 2.45) is 5.92 Å². The van der Waals surface area contributed by atoms with Crippen molar-refractivity contribution in [3.63, 3.8) is 0 Å². The van der Waals surface area contributed by atoms with Gasteiger partial charge in [-0.15, -0.1) is 11.3 Å². The second kappa shape index (κ2) is 8.99. The van der Waals surface area contributed by atoms with E-state index in [9.17, 15) is 9.59 Å². The van der Waals surface area contributed by atoms with Crippen LogP contribution < -0.4 is 5.32 Å². The van der Waals surface area contributed by atoms with E-state index < -0.39 is 0 Å². The van der Waals surface area contributed by atoms with Crippen LogP contribution in [0.4, 0.5) is 0 Å². The molecule has 5 heteroatoms. The summed E-state index contributed by atoms with van der Waals surface area (Å²) < 4.78 is 0. The first-order valence-electron chi connectivity index (χ1n) is 9.26. The van der Waals surface area contributed by atoms with Gasteiger partial charge in [0.25, 0.3) is 0 Å². The largest absolute Gasteiger partial charge is 0.355 e. The lowest BCUT2D eigenvalue weighted by atomic mass is 9.96. The number of piperidine rings is 1. The van der Waals surface area contributed by atoms with E-state index in [2.05, 4.69) is 35.8 Å². The Balaban J connectivity index is 1.46. The molecule has 1 N–H and O–H groups in total. The number of hydrogen-bond acceptors (Lipinski definition) is 3. The third-order valence-electron chi connectivity index (χ3n) is 5.00. The molecule has 0 bridgehead atoms. The van der Waals surface area contributed by atoms with Crippen LogP contribution in [-0.4, -0.2) is 36.3 Å². The molecule has 1 fully saturated rings. The number of hydrogen-bond donors (Lipinski definition) is 1. The smallest absolute Gasteiger partial charge is 0.224 e. The predicted octanol–water partition coefficient (Wildman–Crippen LogP) is 3.20. The van der Waals surface area contributed by atoms with Crippen LogP contribution in [0, 0.1) is 12.8 Å². The first kappa shape index (κ1) is 18.6. The molecule has 1 unspecified atom stereocenters. The summed E-state index contributed by atoms with van der Waals surface area (Å²) >= 11 is 1.74. The maximum Gasteiger partial charge on any atom is 0.224 e. The van der Waals surface area contributed by atoms with Crippen LogP contribution in [0.3, 0.4) is 0 Å². The van der Waals surface area contributed by atoms with E-state index in [1.165, 1.54) is 16.0 Å². The van der Waals surface area contributed by atoms with Crippen LogP contribution in [0.25, 0.3) is 0 Å². The average molecular weight is 371 g/mol. The quantitative estimate of drug-likeness (QED) is 0.814. The Morgan fingerprint density at radius 3 is 2.77 bits per heavy atom. The topological polar surface area (TPSA) is 49.4 Å². The van der Waals surface area contributed by atoms with Gasteiger partial charge >= 0.3 is 0 Å². The van der Waals surface area contributed by atoms with Gasteiger partial charge in [-0.2, -0.15) is 0 Å². The summed E-state index contributed by atoms with van der Waals surface area (Å²) in [6.45, 7) is 3.98. The van der Waals surface area contributed by atoms with Crippen LogP contribution in [0.2, 0.25) is 0 Å². The van der Waals surface area contributed by atoms with Crippen LogP contribution in [0.5, 0.6) is 0 Å². The van der Waals surface area contributed by atoms with Gasteiger partial charge in [0.1, 0.15) is 0 Å². The van der Waals surface area contributed by atoms with E-state index in [4.69, 9.17) is 0 Å². The molecule has 1 saturated heterocycles. The van der Waals surface area contributed by atoms with E-state index in [0.717, 1.165) is 12.8 Å². The molecular weight excluding hydrogens is 344 g/mol. The monoisotopic (exact) mass is 370 g/mol. The Bertz CT molecular complexity index is 741. The highest BCUT2D eigenvalue weighted by molar-refractivity contribution is 7.10. The lowest BCUT2D eigenvalue weighted by Crippen LogP contribution is -2.46. The van der Waals surface area contributed by atoms with Gasteiger partial charge in [-0.3, -0.25) is 9.59 Å². The van der Waals surface area contributed by atoms with Gasteiger partial charge in [-0.1, -0.05) is 30.3 Å². The first-order valence-corrected chi connectivity index (χ1v) is 10.1. The van der Waals surface area contributed by atoms with Crippen LogP contribution in [0.15, 0.2) is 41.8 Å². The highest BCUT2D eigenvalue weighted by atomic mass is 32.1. The van der Waals surface area contributed by atoms with Gasteiger partial charge in [0.2, 0.25) is 11.8 Å². The third-order valence-corrected chi connectivity index (χ3v) is 6.09. The Labute approximate surface area is 159 Å². The van der Waals surface area contributed by atoms with E-state index in [0.29, 0.717) is 32.5 Å². The number of nitrogens with one attached hydrogen (secondary N) is 1. The van der Waals surface area contributed by atoms with Crippen molar-refractivity contribution < 1.29 is 9.59 Å². The molecule has 0 saturated carbocycles. The zero-order chi connectivity index (χ0) is 18.4. The van der Waals surface area contributed by atoms with Crippen molar-refractivity contribution in [1.29, 1.82) is 0 Å². The predicted molar refractivity (Wildman–Crippen MR) is 105 cm³/mol.